The number of halogens is 2. The highest BCUT2D eigenvalue weighted by Gasteiger charge is 2.26. The van der Waals surface area contributed by atoms with Gasteiger partial charge in [-0.25, -0.2) is 0 Å². The van der Waals surface area contributed by atoms with Gasteiger partial charge < -0.3 is 4.90 Å². The highest BCUT2D eigenvalue weighted by Crippen LogP contribution is 2.25. The van der Waals surface area contributed by atoms with E-state index in [-0.39, 0.29) is 5.91 Å². The minimum Gasteiger partial charge on any atom is -0.336 e. The Morgan fingerprint density at radius 3 is 2.67 bits per heavy atom. The Kier molecular flexibility index (Phi) is 5.54. The Balaban J connectivity index is 1.64. The van der Waals surface area contributed by atoms with Crippen LogP contribution in [0.25, 0.3) is 0 Å². The molecular formula is C18H19BrClN3O. The number of rotatable bonds is 3. The second kappa shape index (κ2) is 7.64. The van der Waals surface area contributed by atoms with Gasteiger partial charge in [0.1, 0.15) is 0 Å². The fraction of sp³-hybridized carbons (Fsp3) is 0.333. The molecule has 4 nitrogen and oxygen atoms in total. The Morgan fingerprint density at radius 1 is 1.25 bits per heavy atom. The molecule has 126 valence electrons. The molecule has 1 saturated heterocycles. The number of amides is 1. The monoisotopic (exact) mass is 407 g/mol. The lowest BCUT2D eigenvalue weighted by molar-refractivity contribution is 0.0582. The van der Waals surface area contributed by atoms with Gasteiger partial charge in [-0.05, 0) is 36.8 Å². The third-order valence-electron chi connectivity index (χ3n) is 4.47. The van der Waals surface area contributed by atoms with E-state index in [0.29, 0.717) is 29.7 Å². The van der Waals surface area contributed by atoms with Crippen LogP contribution < -0.4 is 0 Å². The Hall–Kier alpha value is -1.43. The summed E-state index contributed by atoms with van der Waals surface area (Å²) < 4.78 is 0.860. The number of carbonyl (C=O) groups is 1. The number of piperazine rings is 1. The number of hydrogen-bond acceptors (Lipinski definition) is 3. The Bertz CT molecular complexity index is 717. The van der Waals surface area contributed by atoms with Gasteiger partial charge in [0, 0.05) is 49.1 Å². The summed E-state index contributed by atoms with van der Waals surface area (Å²) in [5, 5.41) is 0.495. The summed E-state index contributed by atoms with van der Waals surface area (Å²) in [6.45, 7) is 5.26. The lowest BCUT2D eigenvalue weighted by atomic mass is 10.1. The third kappa shape index (κ3) is 3.79. The van der Waals surface area contributed by atoms with Crippen molar-refractivity contribution < 1.29 is 4.79 Å². The quantitative estimate of drug-likeness (QED) is 0.770. The van der Waals surface area contributed by atoms with Gasteiger partial charge in [0.25, 0.3) is 5.91 Å². The van der Waals surface area contributed by atoms with Crippen LogP contribution in [0.5, 0.6) is 0 Å². The molecule has 0 unspecified atom stereocenters. The van der Waals surface area contributed by atoms with Gasteiger partial charge in [0.05, 0.1) is 10.6 Å². The molecule has 1 amide bonds. The van der Waals surface area contributed by atoms with Crippen molar-refractivity contribution in [1.82, 2.24) is 14.8 Å². The van der Waals surface area contributed by atoms with Crippen LogP contribution >= 0.6 is 27.5 Å². The molecule has 2 aromatic rings. The summed E-state index contributed by atoms with van der Waals surface area (Å²) in [6, 6.07) is 9.73. The maximum absolute atomic E-state index is 12.7. The number of carbonyl (C=O) groups excluding carboxylic acids is 1. The highest BCUT2D eigenvalue weighted by atomic mass is 79.9. The first-order chi connectivity index (χ1) is 11.6. The summed E-state index contributed by atoms with van der Waals surface area (Å²) in [4.78, 5) is 21.2. The zero-order chi connectivity index (χ0) is 17.1. The van der Waals surface area contributed by atoms with Gasteiger partial charge in [-0.15, -0.1) is 0 Å². The van der Waals surface area contributed by atoms with Crippen LogP contribution in [0.2, 0.25) is 5.02 Å². The standard InChI is InChI=1S/C18H19BrClN3O/c1-13(14-3-2-6-21-12-14)22-7-9-23(10-8-22)18(24)16-11-15(19)4-5-17(16)20/h2-6,11-13H,7-10H2,1H3/t13-/m1/s1. The SMILES string of the molecule is C[C@H](c1cccnc1)N1CCN(C(=O)c2cc(Br)ccc2Cl)CC1. The van der Waals surface area contributed by atoms with E-state index in [0.717, 1.165) is 17.6 Å². The Morgan fingerprint density at radius 2 is 2.00 bits per heavy atom. The number of benzene rings is 1. The van der Waals surface area contributed by atoms with Crippen LogP contribution in [0.1, 0.15) is 28.9 Å². The van der Waals surface area contributed by atoms with Gasteiger partial charge in [0.15, 0.2) is 0 Å². The number of aromatic nitrogens is 1. The van der Waals surface area contributed by atoms with Gasteiger partial charge in [-0.3, -0.25) is 14.7 Å². The summed E-state index contributed by atoms with van der Waals surface area (Å²) in [7, 11) is 0. The predicted octanol–water partition coefficient (Wildman–Crippen LogP) is 4.02. The predicted molar refractivity (Wildman–Crippen MR) is 99.3 cm³/mol. The average Bonchev–Trinajstić information content (AvgIpc) is 2.63. The normalized spacial score (nSPS) is 16.9. The van der Waals surface area contributed by atoms with Crippen molar-refractivity contribution in [3.63, 3.8) is 0 Å². The van der Waals surface area contributed by atoms with Crippen LogP contribution in [-0.2, 0) is 0 Å². The molecule has 1 fully saturated rings. The Labute approximate surface area is 155 Å². The van der Waals surface area contributed by atoms with Gasteiger partial charge in [0.2, 0.25) is 0 Å². The topological polar surface area (TPSA) is 36.4 Å². The van der Waals surface area contributed by atoms with Crippen LogP contribution in [0.4, 0.5) is 0 Å². The molecule has 0 bridgehead atoms. The zero-order valence-corrected chi connectivity index (χ0v) is 15.8. The molecule has 1 atom stereocenters. The van der Waals surface area contributed by atoms with Crippen molar-refractivity contribution in [3.8, 4) is 0 Å². The van der Waals surface area contributed by atoms with Crippen molar-refractivity contribution in [2.75, 3.05) is 26.2 Å². The zero-order valence-electron chi connectivity index (χ0n) is 13.5. The van der Waals surface area contributed by atoms with E-state index in [2.05, 4.69) is 38.8 Å². The van der Waals surface area contributed by atoms with E-state index in [1.165, 1.54) is 5.56 Å². The van der Waals surface area contributed by atoms with Crippen LogP contribution in [0.15, 0.2) is 47.2 Å². The van der Waals surface area contributed by atoms with Crippen molar-refractivity contribution in [2.24, 2.45) is 0 Å². The first-order valence-electron chi connectivity index (χ1n) is 7.94. The summed E-state index contributed by atoms with van der Waals surface area (Å²) >= 11 is 9.58. The molecular weight excluding hydrogens is 390 g/mol. The average molecular weight is 409 g/mol. The molecule has 0 spiro atoms. The van der Waals surface area contributed by atoms with E-state index < -0.39 is 0 Å². The molecule has 0 saturated carbocycles. The van der Waals surface area contributed by atoms with Crippen molar-refractivity contribution in [2.45, 2.75) is 13.0 Å². The fourth-order valence-corrected chi connectivity index (χ4v) is 3.54. The van der Waals surface area contributed by atoms with Gasteiger partial charge in [-0.1, -0.05) is 33.6 Å². The van der Waals surface area contributed by atoms with E-state index in [1.54, 1.807) is 18.3 Å². The van der Waals surface area contributed by atoms with E-state index in [9.17, 15) is 4.79 Å². The molecule has 0 radical (unpaired) electrons. The molecule has 1 aliphatic heterocycles. The van der Waals surface area contributed by atoms with E-state index >= 15 is 0 Å². The molecule has 1 aromatic carbocycles. The first-order valence-corrected chi connectivity index (χ1v) is 9.11. The molecule has 6 heteroatoms. The summed E-state index contributed by atoms with van der Waals surface area (Å²) in [5.74, 6) is -0.00465. The molecule has 24 heavy (non-hydrogen) atoms. The number of hydrogen-bond donors (Lipinski definition) is 0. The minimum atomic E-state index is -0.00465. The third-order valence-corrected chi connectivity index (χ3v) is 5.30. The molecule has 3 rings (SSSR count). The highest BCUT2D eigenvalue weighted by molar-refractivity contribution is 9.10. The lowest BCUT2D eigenvalue weighted by Gasteiger charge is -2.38. The van der Waals surface area contributed by atoms with Crippen molar-refractivity contribution in [3.05, 3.63) is 63.3 Å². The van der Waals surface area contributed by atoms with Crippen molar-refractivity contribution in [1.29, 1.82) is 0 Å². The van der Waals surface area contributed by atoms with Crippen LogP contribution in [0.3, 0.4) is 0 Å². The lowest BCUT2D eigenvalue weighted by Crippen LogP contribution is -2.49. The fourth-order valence-electron chi connectivity index (χ4n) is 2.98. The van der Waals surface area contributed by atoms with Gasteiger partial charge >= 0.3 is 0 Å². The second-order valence-electron chi connectivity index (χ2n) is 5.91. The van der Waals surface area contributed by atoms with Crippen LogP contribution in [0, 0.1) is 0 Å². The molecule has 0 aliphatic carbocycles. The molecule has 1 aliphatic rings. The van der Waals surface area contributed by atoms with E-state index in [4.69, 9.17) is 11.6 Å². The van der Waals surface area contributed by atoms with E-state index in [1.807, 2.05) is 23.2 Å². The molecule has 0 N–H and O–H groups in total. The van der Waals surface area contributed by atoms with Crippen LogP contribution in [-0.4, -0.2) is 46.9 Å². The summed E-state index contributed by atoms with van der Waals surface area (Å²) in [5.41, 5.74) is 1.76. The number of nitrogens with zero attached hydrogens (tertiary/aromatic N) is 3. The van der Waals surface area contributed by atoms with Crippen molar-refractivity contribution >= 4 is 33.4 Å². The summed E-state index contributed by atoms with van der Waals surface area (Å²) in [6.07, 6.45) is 3.69. The maximum atomic E-state index is 12.7. The smallest absolute Gasteiger partial charge is 0.255 e. The van der Waals surface area contributed by atoms with Gasteiger partial charge in [-0.2, -0.15) is 0 Å². The molecule has 2 heterocycles. The minimum absolute atomic E-state index is 0.00465. The first kappa shape index (κ1) is 17.4. The maximum Gasteiger partial charge on any atom is 0.255 e. The largest absolute Gasteiger partial charge is 0.336 e. The second-order valence-corrected chi connectivity index (χ2v) is 7.24. The number of pyridine rings is 1. The molecule has 1 aromatic heterocycles.